The molecular weight excluding hydrogens is 150 g/mol. The van der Waals surface area contributed by atoms with Crippen LogP contribution in [0.4, 0.5) is 0 Å². The van der Waals surface area contributed by atoms with E-state index in [1.165, 1.54) is 12.8 Å². The van der Waals surface area contributed by atoms with E-state index in [-0.39, 0.29) is 0 Å². The van der Waals surface area contributed by atoms with Crippen molar-refractivity contribution < 1.29 is 4.74 Å². The van der Waals surface area contributed by atoms with Gasteiger partial charge < -0.3 is 10.1 Å². The third kappa shape index (κ3) is 3.88. The monoisotopic (exact) mass is 169 g/mol. The molecule has 2 heteroatoms. The van der Waals surface area contributed by atoms with Gasteiger partial charge in [-0.25, -0.2) is 0 Å². The van der Waals surface area contributed by atoms with Crippen molar-refractivity contribution in [3.63, 3.8) is 0 Å². The smallest absolute Gasteiger partial charge is 0.0647 e. The van der Waals surface area contributed by atoms with Gasteiger partial charge in [-0.3, -0.25) is 0 Å². The summed E-state index contributed by atoms with van der Waals surface area (Å²) in [6.45, 7) is 6.07. The summed E-state index contributed by atoms with van der Waals surface area (Å²) in [6, 6.07) is 0. The molecule has 0 bridgehead atoms. The molecule has 1 heterocycles. The average Bonchev–Trinajstić information content (AvgIpc) is 2.14. The first-order chi connectivity index (χ1) is 5.93. The van der Waals surface area contributed by atoms with Crippen molar-refractivity contribution in [2.45, 2.75) is 19.8 Å². The van der Waals surface area contributed by atoms with Crippen LogP contribution >= 0.6 is 0 Å². The molecule has 1 rings (SSSR count). The lowest BCUT2D eigenvalue weighted by Crippen LogP contribution is -2.29. The van der Waals surface area contributed by atoms with Gasteiger partial charge in [-0.1, -0.05) is 12.2 Å². The normalized spacial score (nSPS) is 20.4. The number of nitrogens with one attached hydrogen (secondary N) is 1. The minimum Gasteiger partial charge on any atom is -0.377 e. The summed E-state index contributed by atoms with van der Waals surface area (Å²) in [5, 5.41) is 3.35. The molecule has 70 valence electrons. The van der Waals surface area contributed by atoms with Crippen LogP contribution in [0.15, 0.2) is 12.2 Å². The van der Waals surface area contributed by atoms with Gasteiger partial charge in [0, 0.05) is 6.61 Å². The molecule has 0 aromatic carbocycles. The summed E-state index contributed by atoms with van der Waals surface area (Å²) >= 11 is 0. The van der Waals surface area contributed by atoms with Crippen LogP contribution in [0.25, 0.3) is 0 Å². The van der Waals surface area contributed by atoms with Crippen LogP contribution in [-0.2, 0) is 4.74 Å². The largest absolute Gasteiger partial charge is 0.377 e. The van der Waals surface area contributed by atoms with E-state index in [0.29, 0.717) is 0 Å². The maximum Gasteiger partial charge on any atom is 0.0647 e. The fourth-order valence-electron chi connectivity index (χ4n) is 1.45. The Labute approximate surface area is 75.0 Å². The van der Waals surface area contributed by atoms with Gasteiger partial charge in [0.05, 0.1) is 6.61 Å². The molecule has 0 spiro atoms. The Kier molecular flexibility index (Phi) is 5.04. The minimum atomic E-state index is 0.778. The zero-order valence-corrected chi connectivity index (χ0v) is 7.88. The van der Waals surface area contributed by atoms with Crippen molar-refractivity contribution >= 4 is 0 Å². The Hall–Kier alpha value is -0.340. The third-order valence-corrected chi connectivity index (χ3v) is 2.26. The van der Waals surface area contributed by atoms with Crippen molar-refractivity contribution in [1.29, 1.82) is 0 Å². The molecule has 1 aliphatic rings. The maximum absolute atomic E-state index is 5.50. The van der Waals surface area contributed by atoms with Crippen molar-refractivity contribution in [3.05, 3.63) is 12.2 Å². The minimum absolute atomic E-state index is 0.778. The van der Waals surface area contributed by atoms with E-state index in [2.05, 4.69) is 11.4 Å². The van der Waals surface area contributed by atoms with Crippen molar-refractivity contribution in [2.24, 2.45) is 5.92 Å². The van der Waals surface area contributed by atoms with Gasteiger partial charge in [0.15, 0.2) is 0 Å². The molecule has 0 aromatic heterocycles. The predicted octanol–water partition coefficient (Wildman–Crippen LogP) is 1.58. The molecule has 1 N–H and O–H groups in total. The second-order valence-electron chi connectivity index (χ2n) is 3.30. The van der Waals surface area contributed by atoms with Crippen LogP contribution < -0.4 is 5.32 Å². The fraction of sp³-hybridized carbons (Fsp3) is 0.800. The average molecular weight is 169 g/mol. The Morgan fingerprint density at radius 1 is 1.42 bits per heavy atom. The van der Waals surface area contributed by atoms with Crippen LogP contribution in [0.5, 0.6) is 0 Å². The summed E-state index contributed by atoms with van der Waals surface area (Å²) in [5.74, 6) is 0.788. The topological polar surface area (TPSA) is 21.3 Å². The lowest BCUT2D eigenvalue weighted by molar-refractivity contribution is 0.109. The van der Waals surface area contributed by atoms with E-state index >= 15 is 0 Å². The Bertz CT molecular complexity index is 128. The van der Waals surface area contributed by atoms with Gasteiger partial charge in [0.1, 0.15) is 0 Å². The number of hydrogen-bond acceptors (Lipinski definition) is 2. The fourth-order valence-corrected chi connectivity index (χ4v) is 1.45. The highest BCUT2D eigenvalue weighted by Gasteiger charge is 2.11. The summed E-state index contributed by atoms with van der Waals surface area (Å²) < 4.78 is 5.50. The molecule has 1 saturated heterocycles. The van der Waals surface area contributed by atoms with Crippen LogP contribution in [0.2, 0.25) is 0 Å². The second kappa shape index (κ2) is 6.21. The summed E-state index contributed by atoms with van der Waals surface area (Å²) in [4.78, 5) is 0. The van der Waals surface area contributed by atoms with E-state index in [1.54, 1.807) is 0 Å². The molecule has 0 amide bonds. The number of allylic oxidation sites excluding steroid dienone is 1. The molecular formula is C10H19NO. The van der Waals surface area contributed by atoms with Crippen LogP contribution in [0.3, 0.4) is 0 Å². The van der Waals surface area contributed by atoms with Gasteiger partial charge in [0.25, 0.3) is 0 Å². The van der Waals surface area contributed by atoms with Crippen LogP contribution in [-0.4, -0.2) is 26.3 Å². The molecule has 0 saturated carbocycles. The van der Waals surface area contributed by atoms with E-state index in [1.807, 2.05) is 13.0 Å². The first-order valence-corrected chi connectivity index (χ1v) is 4.83. The van der Waals surface area contributed by atoms with Crippen molar-refractivity contribution in [2.75, 3.05) is 26.3 Å². The number of rotatable bonds is 4. The van der Waals surface area contributed by atoms with E-state index in [0.717, 1.165) is 32.2 Å². The Morgan fingerprint density at radius 3 is 2.83 bits per heavy atom. The Morgan fingerprint density at radius 2 is 2.17 bits per heavy atom. The molecule has 0 aromatic rings. The number of piperidine rings is 1. The molecule has 0 atom stereocenters. The Balaban J connectivity index is 1.97. The summed E-state index contributed by atoms with van der Waals surface area (Å²) in [5.41, 5.74) is 0. The van der Waals surface area contributed by atoms with E-state index in [4.69, 9.17) is 4.74 Å². The SMILES string of the molecule is CC=CCOCC1CCNCC1. The summed E-state index contributed by atoms with van der Waals surface area (Å²) in [7, 11) is 0. The molecule has 1 fully saturated rings. The highest BCUT2D eigenvalue weighted by atomic mass is 16.5. The standard InChI is InChI=1S/C10H19NO/c1-2-3-8-12-9-10-4-6-11-7-5-10/h2-3,10-11H,4-9H2,1H3. The van der Waals surface area contributed by atoms with E-state index in [9.17, 15) is 0 Å². The highest BCUT2D eigenvalue weighted by molar-refractivity contribution is 4.76. The number of ether oxygens (including phenoxy) is 1. The molecule has 0 unspecified atom stereocenters. The molecule has 0 aliphatic carbocycles. The van der Waals surface area contributed by atoms with Crippen molar-refractivity contribution in [3.8, 4) is 0 Å². The van der Waals surface area contributed by atoms with Crippen molar-refractivity contribution in [1.82, 2.24) is 5.32 Å². The molecule has 0 radical (unpaired) electrons. The molecule has 12 heavy (non-hydrogen) atoms. The number of hydrogen-bond donors (Lipinski definition) is 1. The first kappa shape index (κ1) is 9.75. The molecule has 1 aliphatic heterocycles. The summed E-state index contributed by atoms with van der Waals surface area (Å²) in [6.07, 6.45) is 6.63. The maximum atomic E-state index is 5.50. The second-order valence-corrected chi connectivity index (χ2v) is 3.30. The van der Waals surface area contributed by atoms with Gasteiger partial charge in [0.2, 0.25) is 0 Å². The quantitative estimate of drug-likeness (QED) is 0.509. The zero-order chi connectivity index (χ0) is 8.65. The van der Waals surface area contributed by atoms with Gasteiger partial charge >= 0.3 is 0 Å². The van der Waals surface area contributed by atoms with Gasteiger partial charge in [-0.05, 0) is 38.8 Å². The van der Waals surface area contributed by atoms with Gasteiger partial charge in [-0.2, -0.15) is 0 Å². The predicted molar refractivity (Wildman–Crippen MR) is 51.2 cm³/mol. The lowest BCUT2D eigenvalue weighted by Gasteiger charge is -2.21. The van der Waals surface area contributed by atoms with Crippen LogP contribution in [0.1, 0.15) is 19.8 Å². The zero-order valence-electron chi connectivity index (χ0n) is 7.88. The third-order valence-electron chi connectivity index (χ3n) is 2.26. The van der Waals surface area contributed by atoms with E-state index < -0.39 is 0 Å². The lowest BCUT2D eigenvalue weighted by atomic mass is 9.99. The van der Waals surface area contributed by atoms with Gasteiger partial charge in [-0.15, -0.1) is 0 Å². The molecule has 2 nitrogen and oxygen atoms in total. The highest BCUT2D eigenvalue weighted by Crippen LogP contribution is 2.11. The van der Waals surface area contributed by atoms with Crippen LogP contribution in [0, 0.1) is 5.92 Å². The first-order valence-electron chi connectivity index (χ1n) is 4.83.